The van der Waals surface area contributed by atoms with Crippen LogP contribution in [0.25, 0.3) is 22.3 Å². The van der Waals surface area contributed by atoms with Crippen LogP contribution in [0, 0.1) is 0 Å². The van der Waals surface area contributed by atoms with Crippen molar-refractivity contribution in [3.63, 3.8) is 0 Å². The lowest BCUT2D eigenvalue weighted by Gasteiger charge is -2.21. The first-order chi connectivity index (χ1) is 18.1. The maximum atomic E-state index is 13.2. The molecule has 0 fully saturated rings. The molecule has 0 amide bonds. The van der Waals surface area contributed by atoms with E-state index in [4.69, 9.17) is 18.6 Å². The molecule has 0 aliphatic heterocycles. The zero-order valence-corrected chi connectivity index (χ0v) is 20.5. The van der Waals surface area contributed by atoms with E-state index < -0.39 is 57.2 Å². The Kier molecular flexibility index (Phi) is 6.94. The third-order valence-corrected chi connectivity index (χ3v) is 6.13. The molecule has 0 radical (unpaired) electrons. The number of phenols is 4. The normalized spacial score (nSPS) is 11.8. The number of phenolic OH excluding ortho intramolecular Hbond substituents is 4. The Balaban J connectivity index is 2.08. The van der Waals surface area contributed by atoms with E-state index in [0.29, 0.717) is 17.1 Å². The van der Waals surface area contributed by atoms with Crippen LogP contribution in [-0.2, 0) is 9.53 Å². The minimum Gasteiger partial charge on any atom is -0.507 e. The Morgan fingerprint density at radius 2 is 1.55 bits per heavy atom. The van der Waals surface area contributed by atoms with E-state index in [1.165, 1.54) is 27.4 Å². The summed E-state index contributed by atoms with van der Waals surface area (Å²) in [4.78, 5) is 25.6. The van der Waals surface area contributed by atoms with Crippen LogP contribution in [0.15, 0.2) is 51.7 Å². The molecule has 198 valence electrons. The number of carbonyl (C=O) groups excluding carboxylic acids is 1. The van der Waals surface area contributed by atoms with Gasteiger partial charge in [0.1, 0.15) is 22.5 Å². The SMILES string of the molecule is COC(=O)CC(c1ccc(OC)c(OC)c1)c1c(O)cc(O)c2c(=O)c(O)c(-c3ccc(O)c(O)c3)oc12. The fraction of sp³-hybridized carbons (Fsp3) is 0.185. The Bertz CT molecular complexity index is 1600. The van der Waals surface area contributed by atoms with Crippen molar-refractivity contribution in [2.24, 2.45) is 0 Å². The van der Waals surface area contributed by atoms with Crippen LogP contribution in [0.5, 0.6) is 40.2 Å². The molecule has 11 heteroatoms. The number of benzene rings is 3. The lowest BCUT2D eigenvalue weighted by molar-refractivity contribution is -0.140. The van der Waals surface area contributed by atoms with Crippen LogP contribution in [0.4, 0.5) is 0 Å². The molecular weight excluding hydrogens is 500 g/mol. The van der Waals surface area contributed by atoms with Gasteiger partial charge in [-0.15, -0.1) is 0 Å². The van der Waals surface area contributed by atoms with Gasteiger partial charge in [-0.25, -0.2) is 0 Å². The van der Waals surface area contributed by atoms with Crippen molar-refractivity contribution in [3.8, 4) is 51.6 Å². The number of hydrogen-bond acceptors (Lipinski definition) is 11. The Labute approximate surface area is 215 Å². The summed E-state index contributed by atoms with van der Waals surface area (Å²) >= 11 is 0. The number of carbonyl (C=O) groups is 1. The summed E-state index contributed by atoms with van der Waals surface area (Å²) in [7, 11) is 4.06. The molecule has 5 N–H and O–H groups in total. The van der Waals surface area contributed by atoms with Gasteiger partial charge in [0.05, 0.1) is 27.8 Å². The summed E-state index contributed by atoms with van der Waals surface area (Å²) in [5.41, 5.74) is -0.957. The quantitative estimate of drug-likeness (QED) is 0.176. The van der Waals surface area contributed by atoms with E-state index in [9.17, 15) is 35.1 Å². The standard InChI is InChI=1S/C27H24O11/c1-35-19-7-5-12(9-20(19)36-2)14(10-21(32)37-3)22-17(30)11-18(31)23-24(33)25(34)26(38-27(22)23)13-4-6-15(28)16(29)8-13/h4-9,11,14,28-31,34H,10H2,1-3H3. The molecule has 38 heavy (non-hydrogen) atoms. The first-order valence-electron chi connectivity index (χ1n) is 11.2. The Morgan fingerprint density at radius 1 is 0.842 bits per heavy atom. The van der Waals surface area contributed by atoms with E-state index in [2.05, 4.69) is 0 Å². The lowest BCUT2D eigenvalue weighted by Crippen LogP contribution is -2.13. The first kappa shape index (κ1) is 26.0. The molecular formula is C27H24O11. The highest BCUT2D eigenvalue weighted by Crippen LogP contribution is 2.46. The van der Waals surface area contributed by atoms with E-state index in [1.807, 2.05) is 0 Å². The summed E-state index contributed by atoms with van der Waals surface area (Å²) in [6.07, 6.45) is -0.320. The number of methoxy groups -OCH3 is 3. The average Bonchev–Trinajstić information content (AvgIpc) is 2.90. The van der Waals surface area contributed by atoms with Gasteiger partial charge >= 0.3 is 5.97 Å². The third kappa shape index (κ3) is 4.45. The maximum absolute atomic E-state index is 13.2. The average molecular weight is 524 g/mol. The van der Waals surface area contributed by atoms with Crippen molar-refractivity contribution in [2.75, 3.05) is 21.3 Å². The van der Waals surface area contributed by atoms with Gasteiger partial charge in [-0.05, 0) is 35.9 Å². The molecule has 4 aromatic rings. The number of esters is 1. The second kappa shape index (κ2) is 10.1. The minimum absolute atomic E-state index is 0.0150. The lowest BCUT2D eigenvalue weighted by atomic mass is 9.86. The molecule has 0 saturated carbocycles. The molecule has 0 aliphatic rings. The van der Waals surface area contributed by atoms with Crippen LogP contribution in [0.3, 0.4) is 0 Å². The van der Waals surface area contributed by atoms with Crippen molar-refractivity contribution < 1.29 is 49.0 Å². The fourth-order valence-electron chi connectivity index (χ4n) is 4.25. The zero-order valence-electron chi connectivity index (χ0n) is 20.5. The van der Waals surface area contributed by atoms with Crippen LogP contribution >= 0.6 is 0 Å². The molecule has 1 heterocycles. The van der Waals surface area contributed by atoms with Crippen molar-refractivity contribution in [1.82, 2.24) is 0 Å². The number of fused-ring (bicyclic) bond motifs is 1. The van der Waals surface area contributed by atoms with E-state index in [0.717, 1.165) is 18.2 Å². The molecule has 1 aromatic heterocycles. The van der Waals surface area contributed by atoms with Gasteiger partial charge in [-0.1, -0.05) is 6.07 Å². The van der Waals surface area contributed by atoms with Crippen LogP contribution in [0.2, 0.25) is 0 Å². The highest BCUT2D eigenvalue weighted by Gasteiger charge is 2.30. The molecule has 1 unspecified atom stereocenters. The van der Waals surface area contributed by atoms with E-state index >= 15 is 0 Å². The largest absolute Gasteiger partial charge is 0.507 e. The van der Waals surface area contributed by atoms with Gasteiger partial charge in [-0.2, -0.15) is 0 Å². The summed E-state index contributed by atoms with van der Waals surface area (Å²) in [6, 6.07) is 9.14. The second-order valence-corrected chi connectivity index (χ2v) is 8.29. The monoisotopic (exact) mass is 524 g/mol. The Morgan fingerprint density at radius 3 is 2.18 bits per heavy atom. The van der Waals surface area contributed by atoms with Crippen LogP contribution < -0.4 is 14.9 Å². The predicted molar refractivity (Wildman–Crippen MR) is 134 cm³/mol. The smallest absolute Gasteiger partial charge is 0.306 e. The van der Waals surface area contributed by atoms with Crippen LogP contribution in [0.1, 0.15) is 23.5 Å². The summed E-state index contributed by atoms with van der Waals surface area (Å²) in [5, 5.41) is 51.3. The fourth-order valence-corrected chi connectivity index (χ4v) is 4.25. The summed E-state index contributed by atoms with van der Waals surface area (Å²) < 4.78 is 21.4. The topological polar surface area (TPSA) is 176 Å². The predicted octanol–water partition coefficient (Wildman–Crippen LogP) is 3.70. The van der Waals surface area contributed by atoms with Gasteiger partial charge in [0.2, 0.25) is 11.2 Å². The molecule has 0 bridgehead atoms. The van der Waals surface area contributed by atoms with Crippen molar-refractivity contribution in [3.05, 3.63) is 63.8 Å². The number of ether oxygens (including phenoxy) is 3. The van der Waals surface area contributed by atoms with E-state index in [1.54, 1.807) is 18.2 Å². The van der Waals surface area contributed by atoms with Crippen molar-refractivity contribution in [2.45, 2.75) is 12.3 Å². The second-order valence-electron chi connectivity index (χ2n) is 8.29. The highest BCUT2D eigenvalue weighted by molar-refractivity contribution is 5.92. The number of aromatic hydroxyl groups is 5. The summed E-state index contributed by atoms with van der Waals surface area (Å²) in [5.74, 6) is -4.38. The molecule has 0 saturated heterocycles. The molecule has 3 aromatic carbocycles. The highest BCUT2D eigenvalue weighted by atomic mass is 16.5. The number of rotatable bonds is 7. The van der Waals surface area contributed by atoms with Crippen molar-refractivity contribution in [1.29, 1.82) is 0 Å². The van der Waals surface area contributed by atoms with Gasteiger partial charge in [-0.3, -0.25) is 9.59 Å². The maximum Gasteiger partial charge on any atom is 0.306 e. The third-order valence-electron chi connectivity index (χ3n) is 6.13. The van der Waals surface area contributed by atoms with Crippen molar-refractivity contribution >= 4 is 16.9 Å². The van der Waals surface area contributed by atoms with E-state index in [-0.39, 0.29) is 23.1 Å². The molecule has 1 atom stereocenters. The first-order valence-corrected chi connectivity index (χ1v) is 11.2. The van der Waals surface area contributed by atoms with Gasteiger partial charge < -0.3 is 44.2 Å². The summed E-state index contributed by atoms with van der Waals surface area (Å²) in [6.45, 7) is 0. The minimum atomic E-state index is -1.03. The van der Waals surface area contributed by atoms with Gasteiger partial charge in [0.15, 0.2) is 28.8 Å². The number of hydrogen-bond donors (Lipinski definition) is 5. The zero-order chi connectivity index (χ0) is 27.7. The van der Waals surface area contributed by atoms with Crippen LogP contribution in [-0.4, -0.2) is 52.8 Å². The molecule has 11 nitrogen and oxygen atoms in total. The van der Waals surface area contributed by atoms with Gasteiger partial charge in [0.25, 0.3) is 0 Å². The molecule has 4 rings (SSSR count). The van der Waals surface area contributed by atoms with Gasteiger partial charge in [0, 0.05) is 23.1 Å². The molecule has 0 spiro atoms. The Hall–Kier alpha value is -5.06. The molecule has 0 aliphatic carbocycles.